The van der Waals surface area contributed by atoms with Crippen molar-refractivity contribution in [3.05, 3.63) is 24.9 Å². The summed E-state index contributed by atoms with van der Waals surface area (Å²) in [5, 5.41) is 0. The number of rotatable bonds is 9. The highest BCUT2D eigenvalue weighted by molar-refractivity contribution is 5.51. The second-order valence-corrected chi connectivity index (χ2v) is 4.40. The first kappa shape index (κ1) is 15.2. The summed E-state index contributed by atoms with van der Waals surface area (Å²) in [5.41, 5.74) is 0. The Kier molecular flexibility index (Phi) is 10.1. The molecule has 0 rings (SSSR count). The molecule has 1 atom stereocenters. The lowest BCUT2D eigenvalue weighted by Crippen LogP contribution is -2.07. The van der Waals surface area contributed by atoms with E-state index in [0.717, 1.165) is 13.0 Å². The fourth-order valence-electron chi connectivity index (χ4n) is 1.45. The molecule has 1 heteroatoms. The molecular formula is C15H28N+. The summed E-state index contributed by atoms with van der Waals surface area (Å²) in [7, 11) is 0. The van der Waals surface area contributed by atoms with Gasteiger partial charge >= 0.3 is 0 Å². The molecule has 0 aromatic rings. The SMILES string of the molecule is C=CC(C)C/C=C/[N+](=C\CCCC)CCC. The molecule has 0 N–H and O–H groups in total. The molecule has 0 aromatic heterocycles. The Bertz CT molecular complexity index is 226. The van der Waals surface area contributed by atoms with E-state index in [0.29, 0.717) is 5.92 Å². The molecule has 0 saturated carbocycles. The van der Waals surface area contributed by atoms with Gasteiger partial charge in [0.1, 0.15) is 12.8 Å². The Hall–Kier alpha value is -0.850. The highest BCUT2D eigenvalue weighted by atomic mass is 15.0. The fraction of sp³-hybridized carbons (Fsp3) is 0.667. The Balaban J connectivity index is 4.09. The summed E-state index contributed by atoms with van der Waals surface area (Å²) in [4.78, 5) is 0. The van der Waals surface area contributed by atoms with Gasteiger partial charge in [-0.1, -0.05) is 33.3 Å². The molecule has 0 aliphatic rings. The summed E-state index contributed by atoms with van der Waals surface area (Å²) in [6, 6.07) is 0. The molecular weight excluding hydrogens is 194 g/mol. The van der Waals surface area contributed by atoms with E-state index in [1.54, 1.807) is 0 Å². The summed E-state index contributed by atoms with van der Waals surface area (Å²) in [6.07, 6.45) is 14.8. The van der Waals surface area contributed by atoms with Crippen LogP contribution in [0.2, 0.25) is 0 Å². The van der Waals surface area contributed by atoms with Crippen molar-refractivity contribution >= 4 is 6.21 Å². The average Bonchev–Trinajstić information content (AvgIpc) is 2.29. The molecule has 0 aliphatic carbocycles. The van der Waals surface area contributed by atoms with Crippen LogP contribution in [-0.4, -0.2) is 17.3 Å². The molecule has 0 aliphatic heterocycles. The van der Waals surface area contributed by atoms with E-state index >= 15 is 0 Å². The zero-order valence-corrected chi connectivity index (χ0v) is 11.3. The van der Waals surface area contributed by atoms with Crippen LogP contribution < -0.4 is 0 Å². The van der Waals surface area contributed by atoms with Gasteiger partial charge in [-0.05, 0) is 24.8 Å². The molecule has 1 nitrogen and oxygen atoms in total. The van der Waals surface area contributed by atoms with Crippen molar-refractivity contribution in [1.82, 2.24) is 0 Å². The monoisotopic (exact) mass is 222 g/mol. The third kappa shape index (κ3) is 8.46. The van der Waals surface area contributed by atoms with Crippen LogP contribution in [0.25, 0.3) is 0 Å². The molecule has 0 spiro atoms. The van der Waals surface area contributed by atoms with Gasteiger partial charge in [-0.3, -0.25) is 0 Å². The van der Waals surface area contributed by atoms with E-state index in [9.17, 15) is 0 Å². The molecule has 0 radical (unpaired) electrons. The van der Waals surface area contributed by atoms with Crippen molar-refractivity contribution in [3.8, 4) is 0 Å². The maximum absolute atomic E-state index is 3.80. The number of unbranched alkanes of at least 4 members (excludes halogenated alkanes) is 2. The zero-order chi connectivity index (χ0) is 12.2. The van der Waals surface area contributed by atoms with Gasteiger partial charge in [-0.25, -0.2) is 4.58 Å². The fourth-order valence-corrected chi connectivity index (χ4v) is 1.45. The molecule has 1 unspecified atom stereocenters. The van der Waals surface area contributed by atoms with Crippen LogP contribution in [0, 0.1) is 5.92 Å². The van der Waals surface area contributed by atoms with Gasteiger partial charge in [0.2, 0.25) is 0 Å². The minimum Gasteiger partial charge on any atom is -0.209 e. The normalized spacial score (nSPS) is 14.3. The number of nitrogens with zero attached hydrogens (tertiary/aromatic N) is 1. The minimum atomic E-state index is 0.579. The predicted molar refractivity (Wildman–Crippen MR) is 74.1 cm³/mol. The van der Waals surface area contributed by atoms with Crippen LogP contribution in [0.15, 0.2) is 24.9 Å². The van der Waals surface area contributed by atoms with Crippen molar-refractivity contribution in [3.63, 3.8) is 0 Å². The third-order valence-corrected chi connectivity index (χ3v) is 2.61. The van der Waals surface area contributed by atoms with E-state index < -0.39 is 0 Å². The topological polar surface area (TPSA) is 3.01 Å². The molecule has 0 bridgehead atoms. The van der Waals surface area contributed by atoms with E-state index in [2.05, 4.69) is 50.4 Å². The van der Waals surface area contributed by atoms with Crippen LogP contribution >= 0.6 is 0 Å². The van der Waals surface area contributed by atoms with Gasteiger partial charge in [-0.2, -0.15) is 0 Å². The Morgan fingerprint density at radius 3 is 2.56 bits per heavy atom. The van der Waals surface area contributed by atoms with Crippen molar-refractivity contribution < 1.29 is 4.58 Å². The van der Waals surface area contributed by atoms with Crippen molar-refractivity contribution in [1.29, 1.82) is 0 Å². The van der Waals surface area contributed by atoms with Gasteiger partial charge in [0, 0.05) is 12.8 Å². The van der Waals surface area contributed by atoms with E-state index in [4.69, 9.17) is 0 Å². The smallest absolute Gasteiger partial charge is 0.164 e. The lowest BCUT2D eigenvalue weighted by molar-refractivity contribution is -0.453. The second-order valence-electron chi connectivity index (χ2n) is 4.40. The molecule has 0 heterocycles. The number of hydrogen-bond acceptors (Lipinski definition) is 0. The number of hydrogen-bond donors (Lipinski definition) is 0. The van der Waals surface area contributed by atoms with Gasteiger partial charge in [0.15, 0.2) is 6.20 Å². The van der Waals surface area contributed by atoms with E-state index in [1.807, 2.05) is 6.08 Å². The second kappa shape index (κ2) is 10.7. The van der Waals surface area contributed by atoms with Crippen LogP contribution in [-0.2, 0) is 0 Å². The predicted octanol–water partition coefficient (Wildman–Crippen LogP) is 4.40. The highest BCUT2D eigenvalue weighted by Crippen LogP contribution is 2.03. The van der Waals surface area contributed by atoms with Crippen LogP contribution in [0.5, 0.6) is 0 Å². The summed E-state index contributed by atoms with van der Waals surface area (Å²) in [6.45, 7) is 11.6. The Morgan fingerprint density at radius 2 is 2.00 bits per heavy atom. The van der Waals surface area contributed by atoms with Crippen LogP contribution in [0.1, 0.15) is 52.9 Å². The van der Waals surface area contributed by atoms with Crippen LogP contribution in [0.4, 0.5) is 0 Å². The zero-order valence-electron chi connectivity index (χ0n) is 11.3. The molecule has 92 valence electrons. The summed E-state index contributed by atoms with van der Waals surface area (Å²) >= 11 is 0. The standard InChI is InChI=1S/C15H28N/c1-5-8-9-13-16(12-6-2)14-10-11-15(4)7-3/h7,10,13-15H,3,5-6,8-9,11-12H2,1-2,4H3/q+1/b14-10+,16-13-. The molecule has 0 amide bonds. The number of allylic oxidation sites excluding steroid dienone is 2. The Morgan fingerprint density at radius 1 is 1.25 bits per heavy atom. The van der Waals surface area contributed by atoms with Gasteiger partial charge in [-0.15, -0.1) is 6.58 Å². The van der Waals surface area contributed by atoms with Crippen molar-refractivity contribution in [2.24, 2.45) is 5.92 Å². The van der Waals surface area contributed by atoms with Crippen molar-refractivity contribution in [2.45, 2.75) is 52.9 Å². The third-order valence-electron chi connectivity index (χ3n) is 2.61. The highest BCUT2D eigenvalue weighted by Gasteiger charge is 1.98. The minimum absolute atomic E-state index is 0.579. The first-order valence-corrected chi connectivity index (χ1v) is 6.62. The van der Waals surface area contributed by atoms with E-state index in [1.165, 1.54) is 25.7 Å². The summed E-state index contributed by atoms with van der Waals surface area (Å²) in [5.74, 6) is 0.579. The molecule has 0 saturated heterocycles. The maximum Gasteiger partial charge on any atom is 0.164 e. The largest absolute Gasteiger partial charge is 0.209 e. The lowest BCUT2D eigenvalue weighted by Gasteiger charge is -1.99. The van der Waals surface area contributed by atoms with Crippen molar-refractivity contribution in [2.75, 3.05) is 6.54 Å². The van der Waals surface area contributed by atoms with E-state index in [-0.39, 0.29) is 0 Å². The van der Waals surface area contributed by atoms with Crippen LogP contribution in [0.3, 0.4) is 0 Å². The lowest BCUT2D eigenvalue weighted by atomic mass is 10.1. The Labute approximate surface area is 102 Å². The van der Waals surface area contributed by atoms with Gasteiger partial charge < -0.3 is 0 Å². The molecule has 0 aromatic carbocycles. The maximum atomic E-state index is 3.80. The molecule has 0 fully saturated rings. The quantitative estimate of drug-likeness (QED) is 0.235. The first-order chi connectivity index (χ1) is 7.74. The average molecular weight is 222 g/mol. The summed E-state index contributed by atoms with van der Waals surface area (Å²) < 4.78 is 2.32. The first-order valence-electron chi connectivity index (χ1n) is 6.62. The van der Waals surface area contributed by atoms with Gasteiger partial charge in [0.25, 0.3) is 0 Å². The molecule has 16 heavy (non-hydrogen) atoms. The van der Waals surface area contributed by atoms with Gasteiger partial charge in [0.05, 0.1) is 0 Å².